The highest BCUT2D eigenvalue weighted by atomic mass is 32.2. The monoisotopic (exact) mass is 345 g/mol. The lowest BCUT2D eigenvalue weighted by molar-refractivity contribution is 0.343. The van der Waals surface area contributed by atoms with Gasteiger partial charge >= 0.3 is 0 Å². The zero-order chi connectivity index (χ0) is 16.1. The molecular formula is C17H19N3OS2. The lowest BCUT2D eigenvalue weighted by Gasteiger charge is -2.07. The van der Waals surface area contributed by atoms with Crippen LogP contribution in [0.2, 0.25) is 0 Å². The summed E-state index contributed by atoms with van der Waals surface area (Å²) in [5.74, 6) is 2.66. The Labute approximate surface area is 144 Å². The maximum Gasteiger partial charge on any atom is 0.208 e. The third kappa shape index (κ3) is 4.84. The van der Waals surface area contributed by atoms with Crippen LogP contribution in [0.5, 0.6) is 5.75 Å². The maximum absolute atomic E-state index is 5.80. The van der Waals surface area contributed by atoms with E-state index in [4.69, 9.17) is 4.74 Å². The van der Waals surface area contributed by atoms with Crippen LogP contribution < -0.4 is 4.74 Å². The SMILES string of the molecule is Cc1cc(C)cc(OCCSc2n[nH]c(Cc3cccs3)n2)c1. The minimum atomic E-state index is 0.641. The van der Waals surface area contributed by atoms with Crippen LogP contribution in [0.3, 0.4) is 0 Å². The highest BCUT2D eigenvalue weighted by molar-refractivity contribution is 7.99. The quantitative estimate of drug-likeness (QED) is 0.514. The van der Waals surface area contributed by atoms with Crippen LogP contribution in [-0.2, 0) is 6.42 Å². The Kier molecular flexibility index (Phi) is 5.35. The molecule has 0 unspecified atom stereocenters. The van der Waals surface area contributed by atoms with Crippen molar-refractivity contribution in [2.24, 2.45) is 0 Å². The number of aryl methyl sites for hydroxylation is 2. The fraction of sp³-hybridized carbons (Fsp3) is 0.294. The molecule has 0 bridgehead atoms. The van der Waals surface area contributed by atoms with Gasteiger partial charge in [-0.1, -0.05) is 23.9 Å². The Morgan fingerprint density at radius 2 is 2.04 bits per heavy atom. The van der Waals surface area contributed by atoms with Gasteiger partial charge in [-0.3, -0.25) is 5.10 Å². The van der Waals surface area contributed by atoms with E-state index in [-0.39, 0.29) is 0 Å². The van der Waals surface area contributed by atoms with Gasteiger partial charge in [0.15, 0.2) is 0 Å². The molecule has 2 heterocycles. The molecule has 3 aromatic rings. The van der Waals surface area contributed by atoms with Gasteiger partial charge in [-0.15, -0.1) is 16.4 Å². The fourth-order valence-electron chi connectivity index (χ4n) is 2.31. The maximum atomic E-state index is 5.80. The largest absolute Gasteiger partial charge is 0.493 e. The van der Waals surface area contributed by atoms with Crippen molar-refractivity contribution in [2.75, 3.05) is 12.4 Å². The summed E-state index contributed by atoms with van der Waals surface area (Å²) in [5.41, 5.74) is 2.44. The standard InChI is InChI=1S/C17H19N3OS2/c1-12-8-13(2)10-14(9-12)21-5-7-23-17-18-16(19-20-17)11-15-4-3-6-22-15/h3-4,6,8-10H,5,7,11H2,1-2H3,(H,18,19,20). The van der Waals surface area contributed by atoms with Crippen LogP contribution in [-0.4, -0.2) is 27.5 Å². The molecular weight excluding hydrogens is 326 g/mol. The number of rotatable bonds is 7. The Balaban J connectivity index is 1.44. The topological polar surface area (TPSA) is 50.8 Å². The number of hydrogen-bond donors (Lipinski definition) is 1. The number of H-pyrrole nitrogens is 1. The molecule has 1 N–H and O–H groups in total. The summed E-state index contributed by atoms with van der Waals surface area (Å²) in [6.45, 7) is 4.80. The second kappa shape index (κ2) is 7.66. The molecule has 2 aromatic heterocycles. The number of thiophene rings is 1. The molecule has 0 aliphatic rings. The van der Waals surface area contributed by atoms with Gasteiger partial charge in [-0.25, -0.2) is 4.98 Å². The molecule has 6 heteroatoms. The highest BCUT2D eigenvalue weighted by Crippen LogP contribution is 2.18. The Hall–Kier alpha value is -1.79. The number of aromatic nitrogens is 3. The van der Waals surface area contributed by atoms with Gasteiger partial charge < -0.3 is 4.74 Å². The molecule has 4 nitrogen and oxygen atoms in total. The van der Waals surface area contributed by atoms with Gasteiger partial charge in [0.05, 0.1) is 6.61 Å². The molecule has 0 saturated carbocycles. The first-order chi connectivity index (χ1) is 11.2. The molecule has 0 saturated heterocycles. The molecule has 0 aliphatic carbocycles. The van der Waals surface area contributed by atoms with Gasteiger partial charge in [-0.05, 0) is 48.6 Å². The third-order valence-corrected chi connectivity index (χ3v) is 4.90. The first-order valence-corrected chi connectivity index (χ1v) is 9.33. The molecule has 1 aromatic carbocycles. The van der Waals surface area contributed by atoms with E-state index in [0.29, 0.717) is 6.61 Å². The van der Waals surface area contributed by atoms with Gasteiger partial charge in [-0.2, -0.15) is 0 Å². The van der Waals surface area contributed by atoms with Crippen molar-refractivity contribution in [1.29, 1.82) is 0 Å². The van der Waals surface area contributed by atoms with Gasteiger partial charge in [0.2, 0.25) is 5.16 Å². The van der Waals surface area contributed by atoms with Crippen molar-refractivity contribution in [3.8, 4) is 5.75 Å². The zero-order valence-electron chi connectivity index (χ0n) is 13.2. The number of thioether (sulfide) groups is 1. The van der Waals surface area contributed by atoms with E-state index in [9.17, 15) is 0 Å². The number of aromatic amines is 1. The lowest BCUT2D eigenvalue weighted by Crippen LogP contribution is -2.01. The van der Waals surface area contributed by atoms with Crippen LogP contribution in [0.4, 0.5) is 0 Å². The van der Waals surface area contributed by atoms with Gasteiger partial charge in [0.25, 0.3) is 0 Å². The van der Waals surface area contributed by atoms with Crippen molar-refractivity contribution in [1.82, 2.24) is 15.2 Å². The van der Waals surface area contributed by atoms with Gasteiger partial charge in [0.1, 0.15) is 11.6 Å². The summed E-state index contributed by atoms with van der Waals surface area (Å²) < 4.78 is 5.80. The minimum Gasteiger partial charge on any atom is -0.493 e. The summed E-state index contributed by atoms with van der Waals surface area (Å²) in [6, 6.07) is 10.4. The number of benzene rings is 1. The Bertz CT molecular complexity index is 733. The van der Waals surface area contributed by atoms with E-state index < -0.39 is 0 Å². The van der Waals surface area contributed by atoms with Crippen LogP contribution in [0.1, 0.15) is 21.8 Å². The molecule has 0 amide bonds. The lowest BCUT2D eigenvalue weighted by atomic mass is 10.1. The highest BCUT2D eigenvalue weighted by Gasteiger charge is 2.06. The predicted octanol–water partition coefficient (Wildman–Crippen LogP) is 4.24. The summed E-state index contributed by atoms with van der Waals surface area (Å²) >= 11 is 3.34. The van der Waals surface area contributed by atoms with E-state index in [2.05, 4.69) is 64.7 Å². The Morgan fingerprint density at radius 1 is 1.22 bits per heavy atom. The average molecular weight is 345 g/mol. The van der Waals surface area contributed by atoms with E-state index in [1.165, 1.54) is 16.0 Å². The van der Waals surface area contributed by atoms with E-state index in [0.717, 1.165) is 28.9 Å². The van der Waals surface area contributed by atoms with Crippen LogP contribution in [0.25, 0.3) is 0 Å². The molecule has 0 fully saturated rings. The van der Waals surface area contributed by atoms with E-state index >= 15 is 0 Å². The van der Waals surface area contributed by atoms with Crippen molar-refractivity contribution < 1.29 is 4.74 Å². The number of ether oxygens (including phenoxy) is 1. The molecule has 0 radical (unpaired) electrons. The van der Waals surface area contributed by atoms with E-state index in [1.54, 1.807) is 23.1 Å². The number of hydrogen-bond acceptors (Lipinski definition) is 5. The van der Waals surface area contributed by atoms with Crippen molar-refractivity contribution in [3.63, 3.8) is 0 Å². The molecule has 120 valence electrons. The van der Waals surface area contributed by atoms with Crippen LogP contribution in [0, 0.1) is 13.8 Å². The summed E-state index contributed by atoms with van der Waals surface area (Å²) in [5, 5.41) is 10.1. The minimum absolute atomic E-state index is 0.641. The first kappa shape index (κ1) is 16.1. The molecule has 3 rings (SSSR count). The summed E-state index contributed by atoms with van der Waals surface area (Å²) in [7, 11) is 0. The predicted molar refractivity (Wildman–Crippen MR) is 95.6 cm³/mol. The summed E-state index contributed by atoms with van der Waals surface area (Å²) in [4.78, 5) is 5.79. The molecule has 23 heavy (non-hydrogen) atoms. The van der Waals surface area contributed by atoms with Gasteiger partial charge in [0, 0.05) is 17.1 Å². The first-order valence-electron chi connectivity index (χ1n) is 7.46. The second-order valence-corrected chi connectivity index (χ2v) is 7.44. The molecule has 0 atom stereocenters. The van der Waals surface area contributed by atoms with Crippen LogP contribution >= 0.6 is 23.1 Å². The van der Waals surface area contributed by atoms with E-state index in [1.807, 2.05) is 0 Å². The smallest absolute Gasteiger partial charge is 0.208 e. The van der Waals surface area contributed by atoms with Crippen molar-refractivity contribution in [2.45, 2.75) is 25.4 Å². The van der Waals surface area contributed by atoms with Crippen molar-refractivity contribution in [3.05, 3.63) is 57.5 Å². The van der Waals surface area contributed by atoms with Crippen molar-refractivity contribution >= 4 is 23.1 Å². The number of nitrogens with one attached hydrogen (secondary N) is 1. The Morgan fingerprint density at radius 3 is 2.78 bits per heavy atom. The second-order valence-electron chi connectivity index (χ2n) is 5.34. The number of nitrogens with zero attached hydrogens (tertiary/aromatic N) is 2. The van der Waals surface area contributed by atoms with Crippen LogP contribution in [0.15, 0.2) is 40.9 Å². The zero-order valence-corrected chi connectivity index (χ0v) is 14.8. The molecule has 0 aliphatic heterocycles. The third-order valence-electron chi connectivity index (χ3n) is 3.21. The average Bonchev–Trinajstić information content (AvgIpc) is 3.15. The normalized spacial score (nSPS) is 10.9. The fourth-order valence-corrected chi connectivity index (χ4v) is 3.65. The summed E-state index contributed by atoms with van der Waals surface area (Å²) in [6.07, 6.45) is 0.810. The molecule has 0 spiro atoms.